The summed E-state index contributed by atoms with van der Waals surface area (Å²) in [6.07, 6.45) is 3.66. The van der Waals surface area contributed by atoms with E-state index in [1.54, 1.807) is 6.92 Å². The van der Waals surface area contributed by atoms with Gasteiger partial charge in [-0.15, -0.1) is 0 Å². The van der Waals surface area contributed by atoms with Gasteiger partial charge in [0.15, 0.2) is 5.78 Å². The Labute approximate surface area is 103 Å². The molecule has 2 rings (SSSR count). The molecule has 0 saturated carbocycles. The molecule has 0 radical (unpaired) electrons. The van der Waals surface area contributed by atoms with Crippen molar-refractivity contribution in [3.05, 3.63) is 23.8 Å². The normalized spacial score (nSPS) is 19.6. The SMILES string of the molecule is CCC1CCCN1c1ccc(C(C)=O)c(N)c1. The highest BCUT2D eigenvalue weighted by atomic mass is 16.1. The molecule has 0 spiro atoms. The lowest BCUT2D eigenvalue weighted by molar-refractivity contribution is 0.101. The van der Waals surface area contributed by atoms with E-state index >= 15 is 0 Å². The average Bonchev–Trinajstić information content (AvgIpc) is 2.76. The van der Waals surface area contributed by atoms with Gasteiger partial charge in [0.2, 0.25) is 0 Å². The zero-order valence-corrected chi connectivity index (χ0v) is 10.6. The third kappa shape index (κ3) is 2.28. The number of rotatable bonds is 3. The van der Waals surface area contributed by atoms with Crippen molar-refractivity contribution in [2.24, 2.45) is 0 Å². The van der Waals surface area contributed by atoms with Gasteiger partial charge in [-0.05, 0) is 44.4 Å². The molecule has 1 aliphatic heterocycles. The predicted molar refractivity (Wildman–Crippen MR) is 71.5 cm³/mol. The van der Waals surface area contributed by atoms with Crippen molar-refractivity contribution < 1.29 is 4.79 Å². The molecular weight excluding hydrogens is 212 g/mol. The minimum absolute atomic E-state index is 0.0301. The number of hydrogen-bond acceptors (Lipinski definition) is 3. The molecule has 1 aliphatic rings. The topological polar surface area (TPSA) is 46.3 Å². The second kappa shape index (κ2) is 4.78. The lowest BCUT2D eigenvalue weighted by Crippen LogP contribution is -2.28. The molecule has 0 amide bonds. The molecule has 3 nitrogen and oxygen atoms in total. The summed E-state index contributed by atoms with van der Waals surface area (Å²) in [4.78, 5) is 13.7. The van der Waals surface area contributed by atoms with Crippen molar-refractivity contribution in [3.63, 3.8) is 0 Å². The largest absolute Gasteiger partial charge is 0.398 e. The number of nitrogen functional groups attached to an aromatic ring is 1. The van der Waals surface area contributed by atoms with Crippen LogP contribution in [0.25, 0.3) is 0 Å². The van der Waals surface area contributed by atoms with Gasteiger partial charge in [-0.3, -0.25) is 4.79 Å². The molecule has 2 N–H and O–H groups in total. The van der Waals surface area contributed by atoms with E-state index in [-0.39, 0.29) is 5.78 Å². The smallest absolute Gasteiger partial charge is 0.161 e. The van der Waals surface area contributed by atoms with Crippen LogP contribution in [0.15, 0.2) is 18.2 Å². The zero-order chi connectivity index (χ0) is 12.4. The number of ketones is 1. The lowest BCUT2D eigenvalue weighted by Gasteiger charge is -2.26. The number of anilines is 2. The molecule has 1 atom stereocenters. The molecule has 0 aromatic heterocycles. The van der Waals surface area contributed by atoms with E-state index in [0.717, 1.165) is 18.7 Å². The maximum atomic E-state index is 11.3. The first-order valence-corrected chi connectivity index (χ1v) is 6.30. The molecule has 92 valence electrons. The highest BCUT2D eigenvalue weighted by Crippen LogP contribution is 2.29. The molecule has 1 saturated heterocycles. The van der Waals surface area contributed by atoms with Gasteiger partial charge >= 0.3 is 0 Å². The van der Waals surface area contributed by atoms with Gasteiger partial charge in [-0.25, -0.2) is 0 Å². The summed E-state index contributed by atoms with van der Waals surface area (Å²) in [5.74, 6) is 0.0301. The average molecular weight is 232 g/mol. The van der Waals surface area contributed by atoms with Crippen molar-refractivity contribution in [1.82, 2.24) is 0 Å². The Morgan fingerprint density at radius 2 is 2.29 bits per heavy atom. The molecule has 0 bridgehead atoms. The van der Waals surface area contributed by atoms with E-state index in [9.17, 15) is 4.79 Å². The fraction of sp³-hybridized carbons (Fsp3) is 0.500. The molecule has 1 heterocycles. The molecule has 1 fully saturated rings. The summed E-state index contributed by atoms with van der Waals surface area (Å²) in [6, 6.07) is 6.42. The second-order valence-corrected chi connectivity index (χ2v) is 4.73. The number of nitrogens with zero attached hydrogens (tertiary/aromatic N) is 1. The Hall–Kier alpha value is -1.51. The number of carbonyl (C=O) groups excluding carboxylic acids is 1. The maximum absolute atomic E-state index is 11.3. The van der Waals surface area contributed by atoms with Crippen LogP contribution in [0, 0.1) is 0 Å². The van der Waals surface area contributed by atoms with Crippen LogP contribution in [-0.4, -0.2) is 18.4 Å². The van der Waals surface area contributed by atoms with E-state index in [0.29, 0.717) is 17.3 Å². The molecule has 1 aromatic rings. The first-order valence-electron chi connectivity index (χ1n) is 6.30. The van der Waals surface area contributed by atoms with Gasteiger partial charge in [0.1, 0.15) is 0 Å². The highest BCUT2D eigenvalue weighted by Gasteiger charge is 2.23. The summed E-state index contributed by atoms with van der Waals surface area (Å²) in [7, 11) is 0. The Kier molecular flexibility index (Phi) is 3.36. The van der Waals surface area contributed by atoms with Crippen LogP contribution in [0.2, 0.25) is 0 Å². The monoisotopic (exact) mass is 232 g/mol. The van der Waals surface area contributed by atoms with E-state index in [1.165, 1.54) is 12.8 Å². The van der Waals surface area contributed by atoms with Gasteiger partial charge < -0.3 is 10.6 Å². The first kappa shape index (κ1) is 12.0. The van der Waals surface area contributed by atoms with E-state index < -0.39 is 0 Å². The third-order valence-corrected chi connectivity index (χ3v) is 3.59. The Bertz CT molecular complexity index is 428. The first-order chi connectivity index (χ1) is 8.13. The van der Waals surface area contributed by atoms with Crippen molar-refractivity contribution in [2.45, 2.75) is 39.2 Å². The molecule has 1 unspecified atom stereocenters. The fourth-order valence-corrected chi connectivity index (χ4v) is 2.65. The van der Waals surface area contributed by atoms with Crippen molar-refractivity contribution >= 4 is 17.2 Å². The highest BCUT2D eigenvalue weighted by molar-refractivity contribution is 5.99. The predicted octanol–water partition coefficient (Wildman–Crippen LogP) is 2.85. The van der Waals surface area contributed by atoms with Gasteiger partial charge in [-0.1, -0.05) is 6.92 Å². The maximum Gasteiger partial charge on any atom is 0.161 e. The van der Waals surface area contributed by atoms with Crippen LogP contribution >= 0.6 is 0 Å². The zero-order valence-electron chi connectivity index (χ0n) is 10.6. The molecule has 3 heteroatoms. The van der Waals surface area contributed by atoms with Crippen LogP contribution in [0.1, 0.15) is 43.5 Å². The minimum atomic E-state index is 0.0301. The molecular formula is C14H20N2O. The van der Waals surface area contributed by atoms with Crippen molar-refractivity contribution in [3.8, 4) is 0 Å². The lowest BCUT2D eigenvalue weighted by atomic mass is 10.1. The van der Waals surface area contributed by atoms with Crippen LogP contribution in [0.4, 0.5) is 11.4 Å². The third-order valence-electron chi connectivity index (χ3n) is 3.59. The Balaban J connectivity index is 2.28. The summed E-state index contributed by atoms with van der Waals surface area (Å²) in [5, 5.41) is 0. The Morgan fingerprint density at radius 1 is 1.53 bits per heavy atom. The number of nitrogens with two attached hydrogens (primary N) is 1. The van der Waals surface area contributed by atoms with Crippen LogP contribution in [-0.2, 0) is 0 Å². The van der Waals surface area contributed by atoms with Gasteiger partial charge in [-0.2, -0.15) is 0 Å². The van der Waals surface area contributed by atoms with E-state index in [4.69, 9.17) is 5.73 Å². The molecule has 0 aliphatic carbocycles. The van der Waals surface area contributed by atoms with Crippen molar-refractivity contribution in [2.75, 3.05) is 17.2 Å². The molecule has 1 aromatic carbocycles. The second-order valence-electron chi connectivity index (χ2n) is 4.73. The van der Waals surface area contributed by atoms with Crippen molar-refractivity contribution in [1.29, 1.82) is 0 Å². The summed E-state index contributed by atoms with van der Waals surface area (Å²) >= 11 is 0. The van der Waals surface area contributed by atoms with Crippen LogP contribution < -0.4 is 10.6 Å². The van der Waals surface area contributed by atoms with Crippen LogP contribution in [0.5, 0.6) is 0 Å². The van der Waals surface area contributed by atoms with E-state index in [1.807, 2.05) is 18.2 Å². The van der Waals surface area contributed by atoms with Gasteiger partial charge in [0, 0.05) is 29.5 Å². The fourth-order valence-electron chi connectivity index (χ4n) is 2.65. The number of Topliss-reactive ketones (excluding diaryl/α,β-unsaturated/α-hetero) is 1. The minimum Gasteiger partial charge on any atom is -0.398 e. The summed E-state index contributed by atoms with van der Waals surface area (Å²) in [6.45, 7) is 4.86. The van der Waals surface area contributed by atoms with Crippen LogP contribution in [0.3, 0.4) is 0 Å². The van der Waals surface area contributed by atoms with E-state index in [2.05, 4.69) is 11.8 Å². The number of carbonyl (C=O) groups is 1. The number of benzene rings is 1. The quantitative estimate of drug-likeness (QED) is 0.644. The van der Waals surface area contributed by atoms with Gasteiger partial charge in [0.05, 0.1) is 0 Å². The standard InChI is InChI=1S/C14H20N2O/c1-3-11-5-4-8-16(11)12-6-7-13(10(2)17)14(15)9-12/h6-7,9,11H,3-5,8,15H2,1-2H3. The molecule has 17 heavy (non-hydrogen) atoms. The number of hydrogen-bond donors (Lipinski definition) is 1. The Morgan fingerprint density at radius 3 is 2.88 bits per heavy atom. The summed E-state index contributed by atoms with van der Waals surface area (Å²) in [5.41, 5.74) is 8.30. The summed E-state index contributed by atoms with van der Waals surface area (Å²) < 4.78 is 0. The van der Waals surface area contributed by atoms with Gasteiger partial charge in [0.25, 0.3) is 0 Å².